The number of hydroxylamine groups is 1. The van der Waals surface area contributed by atoms with Gasteiger partial charge in [0.2, 0.25) is 5.91 Å². The Labute approximate surface area is 134 Å². The van der Waals surface area contributed by atoms with E-state index in [1.165, 1.54) is 0 Å². The van der Waals surface area contributed by atoms with Crippen LogP contribution in [0.3, 0.4) is 0 Å². The van der Waals surface area contributed by atoms with E-state index in [-0.39, 0.29) is 5.91 Å². The predicted molar refractivity (Wildman–Crippen MR) is 83.1 cm³/mol. The van der Waals surface area contributed by atoms with Crippen LogP contribution >= 0.6 is 11.6 Å². The van der Waals surface area contributed by atoms with Crippen molar-refractivity contribution < 1.29 is 10.0 Å². The number of aryl methyl sites for hydroxylation is 1. The highest BCUT2D eigenvalue weighted by Gasteiger charge is 2.03. The van der Waals surface area contributed by atoms with Gasteiger partial charge < -0.3 is 0 Å². The molecule has 0 spiro atoms. The van der Waals surface area contributed by atoms with Gasteiger partial charge in [0.05, 0.1) is 17.6 Å². The molecule has 22 heavy (non-hydrogen) atoms. The van der Waals surface area contributed by atoms with Crippen LogP contribution in [0.25, 0.3) is 5.69 Å². The molecule has 2 rings (SSSR count). The number of unbranched alkanes of at least 4 members (excludes halogenated alkanes) is 3. The van der Waals surface area contributed by atoms with Gasteiger partial charge in [-0.15, -0.1) is 5.10 Å². The fourth-order valence-corrected chi connectivity index (χ4v) is 2.26. The summed E-state index contributed by atoms with van der Waals surface area (Å²) in [5, 5.41) is 17.3. The molecule has 0 aliphatic heterocycles. The first-order valence-electron chi connectivity index (χ1n) is 7.29. The third-order valence-corrected chi connectivity index (χ3v) is 3.60. The molecular weight excluding hydrogens is 304 g/mol. The topological polar surface area (TPSA) is 80.0 Å². The zero-order valence-corrected chi connectivity index (χ0v) is 13.0. The van der Waals surface area contributed by atoms with Crippen LogP contribution in [0.1, 0.15) is 37.8 Å². The summed E-state index contributed by atoms with van der Waals surface area (Å²) in [6.07, 6.45) is 6.90. The smallest absolute Gasteiger partial charge is 0.243 e. The average molecular weight is 323 g/mol. The highest BCUT2D eigenvalue weighted by molar-refractivity contribution is 6.30. The molecule has 1 aromatic heterocycles. The summed E-state index contributed by atoms with van der Waals surface area (Å²) in [4.78, 5) is 10.8. The Morgan fingerprint density at radius 2 is 1.91 bits per heavy atom. The highest BCUT2D eigenvalue weighted by atomic mass is 35.5. The minimum absolute atomic E-state index is 0.328. The van der Waals surface area contributed by atoms with Gasteiger partial charge in [-0.2, -0.15) is 0 Å². The zero-order valence-electron chi connectivity index (χ0n) is 12.2. The second-order valence-corrected chi connectivity index (χ2v) is 5.52. The molecule has 7 heteroatoms. The Morgan fingerprint density at radius 1 is 1.18 bits per heavy atom. The number of hydrogen-bond acceptors (Lipinski definition) is 4. The first-order valence-corrected chi connectivity index (χ1v) is 7.67. The minimum atomic E-state index is -0.328. The molecule has 0 radical (unpaired) electrons. The molecule has 0 bridgehead atoms. The molecule has 1 aromatic carbocycles. The van der Waals surface area contributed by atoms with Crippen molar-refractivity contribution in [3.8, 4) is 5.69 Å². The van der Waals surface area contributed by atoms with Crippen LogP contribution in [-0.2, 0) is 11.2 Å². The van der Waals surface area contributed by atoms with Crippen molar-refractivity contribution >= 4 is 17.5 Å². The molecule has 0 saturated heterocycles. The number of carbonyl (C=O) groups excluding carboxylic acids is 1. The quantitative estimate of drug-likeness (QED) is 0.445. The summed E-state index contributed by atoms with van der Waals surface area (Å²) in [6, 6.07) is 7.43. The Kier molecular flexibility index (Phi) is 6.36. The molecule has 1 heterocycles. The standard InChI is InChI=1S/C15H19ClN4O2/c16-12-7-9-14(10-8-12)20-11-13(17-19-20)5-3-1-2-4-6-15(21)18-22/h7-11,22H,1-6H2,(H,18,21). The van der Waals surface area contributed by atoms with Crippen LogP contribution in [-0.4, -0.2) is 26.1 Å². The van der Waals surface area contributed by atoms with Crippen LogP contribution in [0.15, 0.2) is 30.5 Å². The van der Waals surface area contributed by atoms with Crippen molar-refractivity contribution in [2.24, 2.45) is 0 Å². The lowest BCUT2D eigenvalue weighted by Gasteiger charge is -2.00. The summed E-state index contributed by atoms with van der Waals surface area (Å²) in [7, 11) is 0. The lowest BCUT2D eigenvalue weighted by molar-refractivity contribution is -0.129. The second-order valence-electron chi connectivity index (χ2n) is 5.08. The number of amides is 1. The minimum Gasteiger partial charge on any atom is -0.289 e. The maximum Gasteiger partial charge on any atom is 0.243 e. The molecule has 0 aliphatic rings. The van der Waals surface area contributed by atoms with Crippen LogP contribution in [0.5, 0.6) is 0 Å². The molecule has 0 fully saturated rings. The highest BCUT2D eigenvalue weighted by Crippen LogP contribution is 2.13. The summed E-state index contributed by atoms with van der Waals surface area (Å²) in [5.41, 5.74) is 3.51. The number of nitrogens with zero attached hydrogens (tertiary/aromatic N) is 3. The van der Waals surface area contributed by atoms with Gasteiger partial charge >= 0.3 is 0 Å². The third-order valence-electron chi connectivity index (χ3n) is 3.34. The van der Waals surface area contributed by atoms with E-state index in [1.54, 1.807) is 10.2 Å². The number of nitrogens with one attached hydrogen (secondary N) is 1. The molecule has 0 aliphatic carbocycles. The number of aromatic nitrogens is 3. The van der Waals surface area contributed by atoms with Gasteiger partial charge in [-0.1, -0.05) is 29.7 Å². The van der Waals surface area contributed by atoms with Gasteiger partial charge in [0.1, 0.15) is 0 Å². The van der Waals surface area contributed by atoms with E-state index in [4.69, 9.17) is 16.8 Å². The average Bonchev–Trinajstić information content (AvgIpc) is 3.00. The van der Waals surface area contributed by atoms with E-state index in [2.05, 4.69) is 10.3 Å². The van der Waals surface area contributed by atoms with Crippen molar-refractivity contribution in [3.63, 3.8) is 0 Å². The van der Waals surface area contributed by atoms with Gasteiger partial charge in [0.25, 0.3) is 0 Å². The Morgan fingerprint density at radius 3 is 2.64 bits per heavy atom. The third kappa shape index (κ3) is 5.13. The van der Waals surface area contributed by atoms with Crippen molar-refractivity contribution in [1.82, 2.24) is 20.5 Å². The SMILES string of the molecule is O=C(CCCCCCc1cn(-c2ccc(Cl)cc2)nn1)NO. The molecule has 1 amide bonds. The zero-order chi connectivity index (χ0) is 15.8. The van der Waals surface area contributed by atoms with E-state index in [0.29, 0.717) is 11.4 Å². The Bertz CT molecular complexity index is 598. The van der Waals surface area contributed by atoms with Gasteiger partial charge in [-0.05, 0) is 43.5 Å². The van der Waals surface area contributed by atoms with Crippen LogP contribution in [0, 0.1) is 0 Å². The lowest BCUT2D eigenvalue weighted by Crippen LogP contribution is -2.17. The molecule has 2 N–H and O–H groups in total. The van der Waals surface area contributed by atoms with Crippen LogP contribution < -0.4 is 5.48 Å². The largest absolute Gasteiger partial charge is 0.289 e. The number of carbonyl (C=O) groups is 1. The van der Waals surface area contributed by atoms with E-state index in [0.717, 1.165) is 43.5 Å². The van der Waals surface area contributed by atoms with Gasteiger partial charge in [-0.25, -0.2) is 10.2 Å². The van der Waals surface area contributed by atoms with E-state index < -0.39 is 0 Å². The van der Waals surface area contributed by atoms with Crippen molar-refractivity contribution in [1.29, 1.82) is 0 Å². The maximum absolute atomic E-state index is 10.8. The normalized spacial score (nSPS) is 10.6. The van der Waals surface area contributed by atoms with E-state index in [1.807, 2.05) is 30.5 Å². The molecule has 0 atom stereocenters. The van der Waals surface area contributed by atoms with Gasteiger partial charge in [0.15, 0.2) is 0 Å². The summed E-state index contributed by atoms with van der Waals surface area (Å²) >= 11 is 5.86. The molecule has 2 aromatic rings. The first kappa shape index (κ1) is 16.5. The van der Waals surface area contributed by atoms with Crippen molar-refractivity contribution in [3.05, 3.63) is 41.2 Å². The Hall–Kier alpha value is -1.92. The first-order chi connectivity index (χ1) is 10.7. The number of hydrogen-bond donors (Lipinski definition) is 2. The van der Waals surface area contributed by atoms with Crippen molar-refractivity contribution in [2.75, 3.05) is 0 Å². The lowest BCUT2D eigenvalue weighted by atomic mass is 10.1. The van der Waals surface area contributed by atoms with E-state index in [9.17, 15) is 4.79 Å². The summed E-state index contributed by atoms with van der Waals surface area (Å²) in [5.74, 6) is -0.328. The van der Waals surface area contributed by atoms with Gasteiger partial charge in [0, 0.05) is 11.4 Å². The summed E-state index contributed by atoms with van der Waals surface area (Å²) in [6.45, 7) is 0. The number of rotatable bonds is 8. The summed E-state index contributed by atoms with van der Waals surface area (Å²) < 4.78 is 1.73. The van der Waals surface area contributed by atoms with Crippen LogP contribution in [0.2, 0.25) is 5.02 Å². The second kappa shape index (κ2) is 8.51. The molecule has 0 unspecified atom stereocenters. The Balaban J connectivity index is 1.71. The molecule has 118 valence electrons. The van der Waals surface area contributed by atoms with Crippen LogP contribution in [0.4, 0.5) is 0 Å². The predicted octanol–water partition coefficient (Wildman–Crippen LogP) is 2.92. The van der Waals surface area contributed by atoms with Gasteiger partial charge in [-0.3, -0.25) is 10.0 Å². The number of halogens is 1. The monoisotopic (exact) mass is 322 g/mol. The fraction of sp³-hybridized carbons (Fsp3) is 0.400. The van der Waals surface area contributed by atoms with E-state index >= 15 is 0 Å². The molecular formula is C15H19ClN4O2. The van der Waals surface area contributed by atoms with Crippen molar-refractivity contribution in [2.45, 2.75) is 38.5 Å². The number of benzene rings is 1. The molecule has 0 saturated carbocycles. The molecule has 6 nitrogen and oxygen atoms in total. The fourth-order valence-electron chi connectivity index (χ4n) is 2.13. The maximum atomic E-state index is 10.8.